The Kier molecular flexibility index (Phi) is 10.0. The monoisotopic (exact) mass is 465 g/mol. The second-order valence-corrected chi connectivity index (χ2v) is 9.02. The highest BCUT2D eigenvalue weighted by Crippen LogP contribution is 2.29. The summed E-state index contributed by atoms with van der Waals surface area (Å²) in [4.78, 5) is 22.5. The highest BCUT2D eigenvalue weighted by molar-refractivity contribution is 6.32. The van der Waals surface area contributed by atoms with Crippen LogP contribution in [0.25, 0.3) is 6.08 Å². The molecule has 3 rings (SSSR count). The quantitative estimate of drug-likeness (QED) is 0.239. The predicted octanol–water partition coefficient (Wildman–Crippen LogP) is 7.55. The average Bonchev–Trinajstić information content (AvgIpc) is 3.14. The molecule has 2 aromatic rings. The molecule has 176 valence electrons. The minimum absolute atomic E-state index is 0.108. The molecule has 0 fully saturated rings. The van der Waals surface area contributed by atoms with Gasteiger partial charge in [-0.05, 0) is 42.7 Å². The van der Waals surface area contributed by atoms with Crippen LogP contribution in [0.5, 0.6) is 0 Å². The summed E-state index contributed by atoms with van der Waals surface area (Å²) in [6.45, 7) is 6.25. The number of rotatable bonds is 12. The van der Waals surface area contributed by atoms with Crippen molar-refractivity contribution in [3.8, 4) is 0 Å². The molecule has 0 atom stereocenters. The lowest BCUT2D eigenvalue weighted by atomic mass is 10.1. The molecule has 33 heavy (non-hydrogen) atoms. The number of hydrogen-bond donors (Lipinski definition) is 0. The number of carbonyl (C=O) groups is 1. The number of amides is 1. The maximum absolute atomic E-state index is 13.6. The van der Waals surface area contributed by atoms with Gasteiger partial charge in [-0.3, -0.25) is 4.79 Å². The van der Waals surface area contributed by atoms with Crippen molar-refractivity contribution in [3.63, 3.8) is 0 Å². The Morgan fingerprint density at radius 2 is 1.55 bits per heavy atom. The number of guanidine groups is 1. The molecule has 2 aromatic carbocycles. The van der Waals surface area contributed by atoms with Gasteiger partial charge >= 0.3 is 0 Å². The predicted molar refractivity (Wildman–Crippen MR) is 141 cm³/mol. The van der Waals surface area contributed by atoms with E-state index in [1.165, 1.54) is 38.5 Å². The van der Waals surface area contributed by atoms with E-state index >= 15 is 0 Å². The third-order valence-corrected chi connectivity index (χ3v) is 6.09. The zero-order valence-electron chi connectivity index (χ0n) is 20.0. The van der Waals surface area contributed by atoms with Crippen LogP contribution >= 0.6 is 11.6 Å². The Morgan fingerprint density at radius 3 is 2.15 bits per heavy atom. The van der Waals surface area contributed by atoms with Crippen LogP contribution in [-0.4, -0.2) is 29.9 Å². The lowest BCUT2D eigenvalue weighted by Gasteiger charge is -2.30. The van der Waals surface area contributed by atoms with E-state index in [1.54, 1.807) is 4.90 Å². The van der Waals surface area contributed by atoms with Crippen molar-refractivity contribution in [2.24, 2.45) is 4.99 Å². The van der Waals surface area contributed by atoms with E-state index in [-0.39, 0.29) is 5.91 Å². The number of hydrogen-bond acceptors (Lipinski definition) is 3. The van der Waals surface area contributed by atoms with Crippen molar-refractivity contribution in [2.75, 3.05) is 18.0 Å². The number of aliphatic imine (C=N–C) groups is 1. The van der Waals surface area contributed by atoms with Gasteiger partial charge in [0.25, 0.3) is 5.91 Å². The van der Waals surface area contributed by atoms with Crippen molar-refractivity contribution < 1.29 is 4.79 Å². The van der Waals surface area contributed by atoms with Gasteiger partial charge in [-0.25, -0.2) is 9.89 Å². The molecule has 1 aliphatic heterocycles. The molecule has 0 bridgehead atoms. The van der Waals surface area contributed by atoms with Gasteiger partial charge < -0.3 is 4.90 Å². The fraction of sp³-hybridized carbons (Fsp3) is 0.429. The molecular weight excluding hydrogens is 430 g/mol. The van der Waals surface area contributed by atoms with Crippen molar-refractivity contribution in [1.29, 1.82) is 0 Å². The van der Waals surface area contributed by atoms with Crippen LogP contribution in [0.15, 0.2) is 65.3 Å². The van der Waals surface area contributed by atoms with E-state index in [9.17, 15) is 4.79 Å². The van der Waals surface area contributed by atoms with Crippen molar-refractivity contribution >= 4 is 35.2 Å². The summed E-state index contributed by atoms with van der Waals surface area (Å²) >= 11 is 6.30. The smallest absolute Gasteiger partial charge is 0.283 e. The molecule has 0 N–H and O–H groups in total. The van der Waals surface area contributed by atoms with Crippen LogP contribution in [0.1, 0.15) is 70.8 Å². The maximum Gasteiger partial charge on any atom is 0.283 e. The lowest BCUT2D eigenvalue weighted by Crippen LogP contribution is -2.45. The van der Waals surface area contributed by atoms with Gasteiger partial charge in [-0.2, -0.15) is 0 Å². The van der Waals surface area contributed by atoms with E-state index < -0.39 is 0 Å². The van der Waals surface area contributed by atoms with E-state index in [1.807, 2.05) is 60.7 Å². The van der Waals surface area contributed by atoms with Crippen LogP contribution in [0.4, 0.5) is 5.69 Å². The zero-order chi connectivity index (χ0) is 23.5. The summed E-state index contributed by atoms with van der Waals surface area (Å²) in [6.07, 6.45) is 11.3. The van der Waals surface area contributed by atoms with Crippen LogP contribution in [0.3, 0.4) is 0 Å². The molecule has 0 saturated heterocycles. The maximum atomic E-state index is 13.6. The fourth-order valence-corrected chi connectivity index (χ4v) is 4.23. The van der Waals surface area contributed by atoms with Crippen molar-refractivity contribution in [3.05, 3.63) is 70.9 Å². The van der Waals surface area contributed by atoms with Gasteiger partial charge in [0.15, 0.2) is 0 Å². The number of halogens is 1. The lowest BCUT2D eigenvalue weighted by molar-refractivity contribution is -0.113. The summed E-state index contributed by atoms with van der Waals surface area (Å²) in [6, 6.07) is 17.4. The number of anilines is 1. The second kappa shape index (κ2) is 13.2. The normalized spacial score (nSPS) is 14.8. The number of carbonyl (C=O) groups excluding carboxylic acids is 1. The first-order valence-electron chi connectivity index (χ1n) is 12.3. The summed E-state index contributed by atoms with van der Waals surface area (Å²) in [5.41, 5.74) is 2.19. The summed E-state index contributed by atoms with van der Waals surface area (Å²) in [5, 5.41) is 0.609. The standard InChI is InChI=1S/C28H36ClN3O/c1-3-5-7-12-19-31(20-13-8-6-4-2)28-30-26(21-23-15-10-9-11-16-23)27(33)32(28)25-18-14-17-24(29)22-25/h9-11,14-18,21-22H,3-8,12-13,19-20H2,1-2H3/b26-21-. The molecule has 4 nitrogen and oxygen atoms in total. The van der Waals surface area contributed by atoms with Gasteiger partial charge in [0.1, 0.15) is 5.70 Å². The SMILES string of the molecule is CCCCCCN(CCCCCC)C1=N/C(=C\c2ccccc2)C(=O)N1c1cccc(Cl)c1. The van der Waals surface area contributed by atoms with Gasteiger partial charge in [0, 0.05) is 18.1 Å². The fourth-order valence-electron chi connectivity index (χ4n) is 4.04. The van der Waals surface area contributed by atoms with Crippen molar-refractivity contribution in [1.82, 2.24) is 4.90 Å². The minimum Gasteiger partial charge on any atom is -0.342 e. The Bertz CT molecular complexity index is 943. The van der Waals surface area contributed by atoms with Crippen molar-refractivity contribution in [2.45, 2.75) is 65.2 Å². The molecule has 0 radical (unpaired) electrons. The van der Waals surface area contributed by atoms with E-state index in [0.717, 1.165) is 43.1 Å². The Balaban J connectivity index is 1.94. The van der Waals surface area contributed by atoms with Gasteiger partial charge in [0.05, 0.1) is 5.69 Å². The summed E-state index contributed by atoms with van der Waals surface area (Å²) in [5.74, 6) is 0.612. The summed E-state index contributed by atoms with van der Waals surface area (Å²) in [7, 11) is 0. The Labute approximate surface area is 204 Å². The highest BCUT2D eigenvalue weighted by atomic mass is 35.5. The van der Waals surface area contributed by atoms with Gasteiger partial charge in [0.2, 0.25) is 5.96 Å². The molecule has 0 spiro atoms. The van der Waals surface area contributed by atoms with Crippen LogP contribution < -0.4 is 4.90 Å². The number of nitrogens with zero attached hydrogens (tertiary/aromatic N) is 3. The Hall–Kier alpha value is -2.59. The largest absolute Gasteiger partial charge is 0.342 e. The minimum atomic E-state index is -0.108. The zero-order valence-corrected chi connectivity index (χ0v) is 20.7. The molecule has 0 aromatic heterocycles. The van der Waals surface area contributed by atoms with E-state index in [2.05, 4.69) is 18.7 Å². The summed E-state index contributed by atoms with van der Waals surface area (Å²) < 4.78 is 0. The van der Waals surface area contributed by atoms with E-state index in [4.69, 9.17) is 16.6 Å². The van der Waals surface area contributed by atoms with Crippen LogP contribution in [-0.2, 0) is 4.79 Å². The highest BCUT2D eigenvalue weighted by Gasteiger charge is 2.34. The van der Waals surface area contributed by atoms with E-state index in [0.29, 0.717) is 10.7 Å². The second-order valence-electron chi connectivity index (χ2n) is 8.58. The molecule has 1 aliphatic rings. The molecule has 0 aliphatic carbocycles. The van der Waals surface area contributed by atoms with Crippen LogP contribution in [0.2, 0.25) is 5.02 Å². The number of benzene rings is 2. The molecule has 0 unspecified atom stereocenters. The first-order chi connectivity index (χ1) is 16.1. The molecule has 1 heterocycles. The molecular formula is C28H36ClN3O. The molecule has 0 saturated carbocycles. The average molecular weight is 466 g/mol. The number of unbranched alkanes of at least 4 members (excludes halogenated alkanes) is 6. The Morgan fingerprint density at radius 1 is 0.879 bits per heavy atom. The van der Waals surface area contributed by atoms with Gasteiger partial charge in [-0.15, -0.1) is 0 Å². The third kappa shape index (κ3) is 7.20. The molecule has 5 heteroatoms. The molecule has 1 amide bonds. The van der Waals surface area contributed by atoms with Gasteiger partial charge in [-0.1, -0.05) is 100 Å². The first-order valence-corrected chi connectivity index (χ1v) is 12.7. The van der Waals surface area contributed by atoms with Crippen LogP contribution in [0, 0.1) is 0 Å². The third-order valence-electron chi connectivity index (χ3n) is 5.86. The topological polar surface area (TPSA) is 35.9 Å². The first kappa shape index (κ1) is 25.0.